The zero-order valence-corrected chi connectivity index (χ0v) is 32.2. The Morgan fingerprint density at radius 3 is 1.51 bits per heavy atom. The fourth-order valence-corrected chi connectivity index (χ4v) is 6.03. The number of carboxylic acid groups (broad SMARTS) is 1. The topological polar surface area (TPSA) is 99.4 Å². The number of carboxylic acids is 1. The van der Waals surface area contributed by atoms with Crippen molar-refractivity contribution in [3.05, 3.63) is 24.3 Å². The van der Waals surface area contributed by atoms with Gasteiger partial charge in [0.25, 0.3) is 0 Å². The summed E-state index contributed by atoms with van der Waals surface area (Å²) in [6, 6.07) is 0. The van der Waals surface area contributed by atoms with Crippen LogP contribution in [0.15, 0.2) is 29.3 Å². The third-order valence-corrected chi connectivity index (χ3v) is 9.11. The highest BCUT2D eigenvalue weighted by molar-refractivity contribution is 5.94. The van der Waals surface area contributed by atoms with Gasteiger partial charge in [0.1, 0.15) is 19.0 Å². The van der Waals surface area contributed by atoms with Crippen LogP contribution in [0.2, 0.25) is 0 Å². The van der Waals surface area contributed by atoms with Gasteiger partial charge >= 0.3 is 11.9 Å². The van der Waals surface area contributed by atoms with Crippen LogP contribution in [0.5, 0.6) is 0 Å². The third kappa shape index (κ3) is 35.5. The lowest BCUT2D eigenvalue weighted by molar-refractivity contribution is -0.144. The fourth-order valence-electron chi connectivity index (χ4n) is 6.03. The molecular formula is C42H78N2O5. The average molecular weight is 691 g/mol. The lowest BCUT2D eigenvalue weighted by atomic mass is 10.0. The first-order valence-corrected chi connectivity index (χ1v) is 20.6. The number of aliphatic hydroxyl groups is 1. The second kappa shape index (κ2) is 38.6. The SMILES string of the molecule is CCCCCCCC/C=C\CCCCCCCC(=O)OCCN1CCN=C1/C=C/CCCCCCCCCCCCCCC.O=C(O)CO. The number of hydrogen-bond acceptors (Lipinski definition) is 6. The number of carbonyl (C=O) groups is 2. The maximum Gasteiger partial charge on any atom is 0.329 e. The summed E-state index contributed by atoms with van der Waals surface area (Å²) >= 11 is 0. The Hall–Kier alpha value is -2.15. The lowest BCUT2D eigenvalue weighted by Crippen LogP contribution is -2.30. The van der Waals surface area contributed by atoms with Gasteiger partial charge in [-0.15, -0.1) is 0 Å². The van der Waals surface area contributed by atoms with Crippen molar-refractivity contribution in [3.8, 4) is 0 Å². The van der Waals surface area contributed by atoms with Crippen LogP contribution in [0.4, 0.5) is 0 Å². The Morgan fingerprint density at radius 2 is 1.06 bits per heavy atom. The van der Waals surface area contributed by atoms with Crippen LogP contribution in [0, 0.1) is 0 Å². The van der Waals surface area contributed by atoms with E-state index in [1.807, 2.05) is 0 Å². The molecule has 0 unspecified atom stereocenters. The van der Waals surface area contributed by atoms with E-state index in [-0.39, 0.29) is 5.97 Å². The number of rotatable bonds is 34. The monoisotopic (exact) mass is 691 g/mol. The summed E-state index contributed by atoms with van der Waals surface area (Å²) in [6.07, 6.45) is 45.6. The highest BCUT2D eigenvalue weighted by atomic mass is 16.5. The van der Waals surface area contributed by atoms with Gasteiger partial charge in [-0.2, -0.15) is 0 Å². The van der Waals surface area contributed by atoms with E-state index in [0.717, 1.165) is 44.7 Å². The third-order valence-electron chi connectivity index (χ3n) is 9.11. The molecule has 49 heavy (non-hydrogen) atoms. The molecule has 7 heteroatoms. The molecule has 0 fully saturated rings. The van der Waals surface area contributed by atoms with E-state index in [4.69, 9.17) is 19.7 Å². The minimum atomic E-state index is -1.19. The zero-order chi connectivity index (χ0) is 35.9. The van der Waals surface area contributed by atoms with Crippen molar-refractivity contribution in [3.63, 3.8) is 0 Å². The lowest BCUT2D eigenvalue weighted by Gasteiger charge is -2.18. The van der Waals surface area contributed by atoms with Crippen LogP contribution in [-0.4, -0.2) is 65.7 Å². The molecule has 0 saturated heterocycles. The predicted molar refractivity (Wildman–Crippen MR) is 208 cm³/mol. The summed E-state index contributed by atoms with van der Waals surface area (Å²) < 4.78 is 5.53. The molecule has 1 rings (SSSR count). The molecule has 1 heterocycles. The van der Waals surface area contributed by atoms with Gasteiger partial charge in [0.2, 0.25) is 0 Å². The van der Waals surface area contributed by atoms with Gasteiger partial charge in [-0.1, -0.05) is 160 Å². The number of aliphatic imine (C=N–C) groups is 1. The number of hydrogen-bond donors (Lipinski definition) is 2. The van der Waals surface area contributed by atoms with E-state index in [0.29, 0.717) is 13.0 Å². The molecule has 2 N–H and O–H groups in total. The summed E-state index contributed by atoms with van der Waals surface area (Å²) in [5.41, 5.74) is 0. The van der Waals surface area contributed by atoms with Crippen molar-refractivity contribution in [1.82, 2.24) is 4.90 Å². The molecule has 0 aliphatic carbocycles. The molecule has 0 aromatic rings. The van der Waals surface area contributed by atoms with Gasteiger partial charge in [-0.05, 0) is 51.0 Å². The minimum Gasteiger partial charge on any atom is -0.480 e. The first kappa shape index (κ1) is 46.9. The number of aliphatic carboxylic acids is 1. The minimum absolute atomic E-state index is 0.0433. The van der Waals surface area contributed by atoms with Gasteiger partial charge in [-0.3, -0.25) is 9.79 Å². The van der Waals surface area contributed by atoms with Gasteiger partial charge in [0.15, 0.2) is 0 Å². The van der Waals surface area contributed by atoms with Crippen LogP contribution >= 0.6 is 0 Å². The molecule has 0 amide bonds. The number of carbonyl (C=O) groups excluding carboxylic acids is 1. The van der Waals surface area contributed by atoms with Crippen LogP contribution in [0.25, 0.3) is 0 Å². The summed E-state index contributed by atoms with van der Waals surface area (Å²) in [5, 5.41) is 15.0. The highest BCUT2D eigenvalue weighted by Crippen LogP contribution is 2.14. The van der Waals surface area contributed by atoms with Crippen LogP contribution < -0.4 is 0 Å². The van der Waals surface area contributed by atoms with Gasteiger partial charge in [0.05, 0.1) is 13.1 Å². The van der Waals surface area contributed by atoms with Crippen molar-refractivity contribution >= 4 is 17.8 Å². The second-order valence-corrected chi connectivity index (χ2v) is 13.8. The first-order chi connectivity index (χ1) is 24.0. The summed E-state index contributed by atoms with van der Waals surface area (Å²) in [5.74, 6) is -0.170. The van der Waals surface area contributed by atoms with E-state index in [9.17, 15) is 4.79 Å². The second-order valence-electron chi connectivity index (χ2n) is 13.8. The molecule has 0 saturated carbocycles. The van der Waals surface area contributed by atoms with Crippen molar-refractivity contribution in [2.45, 2.75) is 194 Å². The molecular weight excluding hydrogens is 612 g/mol. The number of nitrogens with zero attached hydrogens (tertiary/aromatic N) is 2. The average Bonchev–Trinajstić information content (AvgIpc) is 3.55. The summed E-state index contributed by atoms with van der Waals surface area (Å²) in [4.78, 5) is 28.2. The number of allylic oxidation sites excluding steroid dienone is 3. The first-order valence-electron chi connectivity index (χ1n) is 20.6. The van der Waals surface area contributed by atoms with Gasteiger partial charge in [-0.25, -0.2) is 4.79 Å². The molecule has 0 radical (unpaired) electrons. The smallest absolute Gasteiger partial charge is 0.329 e. The fraction of sp³-hybridized carbons (Fsp3) is 0.833. The Kier molecular flexibility index (Phi) is 37.0. The molecule has 0 atom stereocenters. The maximum atomic E-state index is 12.2. The summed E-state index contributed by atoms with van der Waals surface area (Å²) in [6.45, 7) is 6.79. The Morgan fingerprint density at radius 1 is 0.653 bits per heavy atom. The summed E-state index contributed by atoms with van der Waals surface area (Å²) in [7, 11) is 0. The van der Waals surface area contributed by atoms with Gasteiger partial charge < -0.3 is 19.8 Å². The Balaban J connectivity index is 0.00000427. The normalized spacial score (nSPS) is 12.9. The van der Waals surface area contributed by atoms with E-state index in [1.165, 1.54) is 154 Å². The number of ether oxygens (including phenoxy) is 1. The maximum absolute atomic E-state index is 12.2. The largest absolute Gasteiger partial charge is 0.480 e. The number of unbranched alkanes of at least 4 members (excludes halogenated alkanes) is 24. The highest BCUT2D eigenvalue weighted by Gasteiger charge is 2.14. The zero-order valence-electron chi connectivity index (χ0n) is 32.2. The van der Waals surface area contributed by atoms with E-state index < -0.39 is 12.6 Å². The van der Waals surface area contributed by atoms with Crippen molar-refractivity contribution in [1.29, 1.82) is 0 Å². The van der Waals surface area contributed by atoms with Gasteiger partial charge in [0, 0.05) is 13.0 Å². The standard InChI is InChI=1S/C40H74N2O2.C2H4O3/c1-3-5-7-9-11-13-15-17-19-21-23-25-27-29-31-33-39-41-35-36-42(39)37-38-44-40(43)34-32-30-28-26-24-22-20-18-16-14-12-10-8-6-4-2;3-1-2(4)5/h18,20,31,33H,3-17,19,21-30,32,34-38H2,1-2H3;3H,1H2,(H,4,5)/b20-18-,33-31+;. The van der Waals surface area contributed by atoms with Crippen molar-refractivity contribution in [2.24, 2.45) is 4.99 Å². The molecule has 0 bridgehead atoms. The Labute approximate surface area is 302 Å². The van der Waals surface area contributed by atoms with Crippen LogP contribution in [0.3, 0.4) is 0 Å². The van der Waals surface area contributed by atoms with E-state index >= 15 is 0 Å². The van der Waals surface area contributed by atoms with E-state index in [1.54, 1.807) is 0 Å². The van der Waals surface area contributed by atoms with Crippen molar-refractivity contribution < 1.29 is 24.5 Å². The quantitative estimate of drug-likeness (QED) is 0.0396. The van der Waals surface area contributed by atoms with Crippen molar-refractivity contribution in [2.75, 3.05) is 32.8 Å². The molecule has 0 aromatic heterocycles. The molecule has 1 aliphatic rings. The number of amidine groups is 1. The van der Waals surface area contributed by atoms with Crippen LogP contribution in [0.1, 0.15) is 194 Å². The van der Waals surface area contributed by atoms with E-state index in [2.05, 4.69) is 48.0 Å². The molecule has 286 valence electrons. The predicted octanol–water partition coefficient (Wildman–Crippen LogP) is 11.4. The molecule has 0 spiro atoms. The molecule has 7 nitrogen and oxygen atoms in total. The van der Waals surface area contributed by atoms with Crippen LogP contribution in [-0.2, 0) is 14.3 Å². The Bertz CT molecular complexity index is 826. The molecule has 0 aromatic carbocycles. The number of aliphatic hydroxyl groups excluding tert-OH is 1. The number of esters is 1. The molecule has 1 aliphatic heterocycles.